The lowest BCUT2D eigenvalue weighted by molar-refractivity contribution is 0.0698. The van der Waals surface area contributed by atoms with Crippen LogP contribution in [0.3, 0.4) is 0 Å². The molecule has 0 aromatic carbocycles. The van der Waals surface area contributed by atoms with Gasteiger partial charge in [-0.1, -0.05) is 0 Å². The summed E-state index contributed by atoms with van der Waals surface area (Å²) in [6, 6.07) is 3.27. The van der Waals surface area contributed by atoms with Crippen LogP contribution in [0.5, 0.6) is 0 Å². The third-order valence-electron chi connectivity index (χ3n) is 2.54. The maximum absolute atomic E-state index is 10.9. The zero-order chi connectivity index (χ0) is 13.1. The van der Waals surface area contributed by atoms with E-state index in [1.807, 2.05) is 13.1 Å². The Morgan fingerprint density at radius 2 is 2.39 bits per heavy atom. The van der Waals surface area contributed by atoms with Crippen molar-refractivity contribution in [2.45, 2.75) is 6.54 Å². The van der Waals surface area contributed by atoms with Crippen molar-refractivity contribution in [3.8, 4) is 0 Å². The van der Waals surface area contributed by atoms with Gasteiger partial charge in [-0.3, -0.25) is 4.68 Å². The lowest BCUT2D eigenvalue weighted by atomic mass is 10.2. The Labute approximate surface area is 103 Å². The molecule has 0 saturated carbocycles. The third-order valence-corrected chi connectivity index (χ3v) is 2.54. The van der Waals surface area contributed by atoms with Gasteiger partial charge < -0.3 is 16.2 Å². The van der Waals surface area contributed by atoms with Gasteiger partial charge in [-0.05, 0) is 12.1 Å². The third kappa shape index (κ3) is 2.40. The SMILES string of the molecule is Cn1nccc1CNc1cc(C(=O)O)c(N)cn1. The van der Waals surface area contributed by atoms with Gasteiger partial charge in [-0.15, -0.1) is 0 Å². The van der Waals surface area contributed by atoms with E-state index in [9.17, 15) is 4.79 Å². The van der Waals surface area contributed by atoms with E-state index in [-0.39, 0.29) is 11.3 Å². The van der Waals surface area contributed by atoms with Crippen LogP contribution in [0.15, 0.2) is 24.5 Å². The van der Waals surface area contributed by atoms with Crippen molar-refractivity contribution < 1.29 is 9.90 Å². The molecule has 0 saturated heterocycles. The predicted molar refractivity (Wildman–Crippen MR) is 66.1 cm³/mol. The first kappa shape index (κ1) is 11.9. The zero-order valence-electron chi connectivity index (χ0n) is 9.79. The number of rotatable bonds is 4. The minimum Gasteiger partial charge on any atom is -0.478 e. The van der Waals surface area contributed by atoms with Crippen molar-refractivity contribution >= 4 is 17.5 Å². The van der Waals surface area contributed by atoms with E-state index in [1.165, 1.54) is 12.3 Å². The van der Waals surface area contributed by atoms with E-state index in [0.29, 0.717) is 12.4 Å². The van der Waals surface area contributed by atoms with E-state index >= 15 is 0 Å². The number of hydrogen-bond donors (Lipinski definition) is 3. The summed E-state index contributed by atoms with van der Waals surface area (Å²) in [6.45, 7) is 0.506. The molecule has 0 aliphatic heterocycles. The first-order valence-electron chi connectivity index (χ1n) is 5.27. The molecule has 7 nitrogen and oxygen atoms in total. The molecule has 2 rings (SSSR count). The van der Waals surface area contributed by atoms with Crippen LogP contribution in [0.1, 0.15) is 16.1 Å². The molecule has 2 aromatic heterocycles. The molecule has 0 spiro atoms. The number of nitrogens with one attached hydrogen (secondary N) is 1. The molecule has 0 unspecified atom stereocenters. The Kier molecular flexibility index (Phi) is 3.13. The monoisotopic (exact) mass is 247 g/mol. The molecule has 94 valence electrons. The fraction of sp³-hybridized carbons (Fsp3) is 0.182. The second-order valence-corrected chi connectivity index (χ2v) is 3.76. The number of nitrogen functional groups attached to an aromatic ring is 1. The number of carboxylic acids is 1. The highest BCUT2D eigenvalue weighted by atomic mass is 16.4. The molecule has 18 heavy (non-hydrogen) atoms. The Morgan fingerprint density at radius 1 is 1.61 bits per heavy atom. The lowest BCUT2D eigenvalue weighted by Crippen LogP contribution is -2.09. The molecule has 2 aromatic rings. The van der Waals surface area contributed by atoms with Crippen molar-refractivity contribution in [1.82, 2.24) is 14.8 Å². The number of aromatic carboxylic acids is 1. The molecule has 0 aliphatic rings. The molecule has 0 atom stereocenters. The minimum atomic E-state index is -1.07. The first-order valence-corrected chi connectivity index (χ1v) is 5.27. The van der Waals surface area contributed by atoms with Crippen LogP contribution in [-0.2, 0) is 13.6 Å². The second-order valence-electron chi connectivity index (χ2n) is 3.76. The molecular formula is C11H13N5O2. The summed E-state index contributed by atoms with van der Waals surface area (Å²) in [4.78, 5) is 14.9. The van der Waals surface area contributed by atoms with Crippen LogP contribution in [-0.4, -0.2) is 25.8 Å². The average Bonchev–Trinajstić information content (AvgIpc) is 2.73. The largest absolute Gasteiger partial charge is 0.478 e. The van der Waals surface area contributed by atoms with Gasteiger partial charge in [0.2, 0.25) is 0 Å². The number of anilines is 2. The molecule has 0 amide bonds. The first-order chi connectivity index (χ1) is 8.58. The van der Waals surface area contributed by atoms with Crippen molar-refractivity contribution in [3.05, 3.63) is 35.8 Å². The fourth-order valence-electron chi connectivity index (χ4n) is 1.50. The smallest absolute Gasteiger partial charge is 0.337 e. The molecule has 0 radical (unpaired) electrons. The Balaban J connectivity index is 2.13. The lowest BCUT2D eigenvalue weighted by Gasteiger charge is -2.07. The maximum Gasteiger partial charge on any atom is 0.337 e. The summed E-state index contributed by atoms with van der Waals surface area (Å²) in [6.07, 6.45) is 3.02. The number of nitrogens with two attached hydrogens (primary N) is 1. The molecular weight excluding hydrogens is 234 g/mol. The van der Waals surface area contributed by atoms with Gasteiger partial charge in [0.15, 0.2) is 0 Å². The van der Waals surface area contributed by atoms with E-state index in [1.54, 1.807) is 10.9 Å². The van der Waals surface area contributed by atoms with Gasteiger partial charge in [0.05, 0.1) is 29.7 Å². The van der Waals surface area contributed by atoms with E-state index in [2.05, 4.69) is 15.4 Å². The van der Waals surface area contributed by atoms with Crippen molar-refractivity contribution in [3.63, 3.8) is 0 Å². The second kappa shape index (κ2) is 4.74. The summed E-state index contributed by atoms with van der Waals surface area (Å²) in [7, 11) is 1.83. The maximum atomic E-state index is 10.9. The van der Waals surface area contributed by atoms with E-state index < -0.39 is 5.97 Å². The van der Waals surface area contributed by atoms with Gasteiger partial charge in [0.1, 0.15) is 5.82 Å². The summed E-state index contributed by atoms with van der Waals surface area (Å²) in [5, 5.41) is 16.0. The highest BCUT2D eigenvalue weighted by Gasteiger charge is 2.09. The van der Waals surface area contributed by atoms with Gasteiger partial charge in [0.25, 0.3) is 0 Å². The number of aromatic nitrogens is 3. The standard InChI is InChI=1S/C11H13N5O2/c1-16-7(2-3-15-16)5-13-10-4-8(11(17)18)9(12)6-14-10/h2-4,6H,5,12H2,1H3,(H,13,14)(H,17,18). The molecule has 0 fully saturated rings. The number of nitrogens with zero attached hydrogens (tertiary/aromatic N) is 3. The van der Waals surface area contributed by atoms with Crippen LogP contribution in [0.4, 0.5) is 11.5 Å². The Bertz CT molecular complexity index is 579. The normalized spacial score (nSPS) is 10.3. The van der Waals surface area contributed by atoms with Crippen molar-refractivity contribution in [2.75, 3.05) is 11.1 Å². The molecule has 0 bridgehead atoms. The number of hydrogen-bond acceptors (Lipinski definition) is 5. The van der Waals surface area contributed by atoms with E-state index in [0.717, 1.165) is 5.69 Å². The number of aryl methyl sites for hydroxylation is 1. The van der Waals surface area contributed by atoms with Gasteiger partial charge in [0, 0.05) is 13.2 Å². The van der Waals surface area contributed by atoms with E-state index in [4.69, 9.17) is 10.8 Å². The minimum absolute atomic E-state index is 0.0394. The molecule has 4 N–H and O–H groups in total. The summed E-state index contributed by atoms with van der Waals surface area (Å²) in [5.41, 5.74) is 6.67. The van der Waals surface area contributed by atoms with Crippen LogP contribution < -0.4 is 11.1 Å². The van der Waals surface area contributed by atoms with Crippen molar-refractivity contribution in [1.29, 1.82) is 0 Å². The molecule has 7 heteroatoms. The Hall–Kier alpha value is -2.57. The highest BCUT2D eigenvalue weighted by molar-refractivity contribution is 5.94. The number of carboxylic acid groups (broad SMARTS) is 1. The zero-order valence-corrected chi connectivity index (χ0v) is 9.79. The highest BCUT2D eigenvalue weighted by Crippen LogP contribution is 2.15. The summed E-state index contributed by atoms with van der Waals surface area (Å²) < 4.78 is 1.72. The molecule has 2 heterocycles. The average molecular weight is 247 g/mol. The van der Waals surface area contributed by atoms with Crippen LogP contribution in [0.25, 0.3) is 0 Å². The predicted octanol–water partition coefficient (Wildman–Crippen LogP) is 0.708. The van der Waals surface area contributed by atoms with Crippen LogP contribution in [0.2, 0.25) is 0 Å². The summed E-state index contributed by atoms with van der Waals surface area (Å²) in [5.74, 6) is -0.610. The molecule has 0 aliphatic carbocycles. The quantitative estimate of drug-likeness (QED) is 0.734. The van der Waals surface area contributed by atoms with Crippen molar-refractivity contribution in [2.24, 2.45) is 7.05 Å². The Morgan fingerprint density at radius 3 is 3.00 bits per heavy atom. The topological polar surface area (TPSA) is 106 Å². The van der Waals surface area contributed by atoms with Gasteiger partial charge >= 0.3 is 5.97 Å². The van der Waals surface area contributed by atoms with Gasteiger partial charge in [-0.25, -0.2) is 9.78 Å². The van der Waals surface area contributed by atoms with Crippen LogP contribution >= 0.6 is 0 Å². The number of carbonyl (C=O) groups is 1. The fourth-order valence-corrected chi connectivity index (χ4v) is 1.50. The van der Waals surface area contributed by atoms with Crippen LogP contribution in [0, 0.1) is 0 Å². The number of pyridine rings is 1. The van der Waals surface area contributed by atoms with Gasteiger partial charge in [-0.2, -0.15) is 5.10 Å². The summed E-state index contributed by atoms with van der Waals surface area (Å²) >= 11 is 0.